The molecule has 1 aliphatic heterocycles. The summed E-state index contributed by atoms with van der Waals surface area (Å²) in [4.78, 5) is 11.2. The highest BCUT2D eigenvalue weighted by Gasteiger charge is 2.52. The van der Waals surface area contributed by atoms with Crippen LogP contribution in [0.5, 0.6) is 0 Å². The van der Waals surface area contributed by atoms with E-state index in [4.69, 9.17) is 14.2 Å². The van der Waals surface area contributed by atoms with E-state index in [1.54, 1.807) is 6.92 Å². The summed E-state index contributed by atoms with van der Waals surface area (Å²) in [6.45, 7) is 6.21. The third kappa shape index (κ3) is 4.26. The second-order valence-electron chi connectivity index (χ2n) is 6.02. The average Bonchev–Trinajstić information content (AvgIpc) is 3.13. The highest BCUT2D eigenvalue weighted by atomic mass is 16.7. The van der Waals surface area contributed by atoms with Gasteiger partial charge in [-0.05, 0) is 45.1 Å². The predicted octanol–water partition coefficient (Wildman–Crippen LogP) is 0.615. The van der Waals surface area contributed by atoms with Crippen LogP contribution in [0, 0.1) is 11.8 Å². The van der Waals surface area contributed by atoms with Crippen molar-refractivity contribution in [3.63, 3.8) is 0 Å². The molecule has 1 saturated carbocycles. The van der Waals surface area contributed by atoms with Crippen LogP contribution >= 0.6 is 0 Å². The Kier molecular flexibility index (Phi) is 5.03. The maximum atomic E-state index is 11.2. The molecule has 2 fully saturated rings. The minimum Gasteiger partial charge on any atom is -0.463 e. The third-order valence-corrected chi connectivity index (χ3v) is 3.90. The van der Waals surface area contributed by atoms with E-state index in [9.17, 15) is 15.0 Å². The standard InChI is InChI=1S/C15H24O6/c1-4-19-13(17)6-5-11(16)14(18)10-7-9(10)12-8-20-15(2,3)21-12/h5-6,9-12,14,16,18H,4,7-8H2,1-3H3/b6-5+/t9-,10-,11+,12-,14+/m1/s1. The Morgan fingerprint density at radius 3 is 2.76 bits per heavy atom. The number of carbonyl (C=O) groups is 1. The van der Waals surface area contributed by atoms with Crippen LogP contribution in [0.25, 0.3) is 0 Å². The summed E-state index contributed by atoms with van der Waals surface area (Å²) in [5, 5.41) is 20.0. The van der Waals surface area contributed by atoms with Gasteiger partial charge >= 0.3 is 5.97 Å². The Morgan fingerprint density at radius 2 is 2.19 bits per heavy atom. The molecule has 2 aliphatic rings. The topological polar surface area (TPSA) is 85.2 Å². The molecule has 1 heterocycles. The van der Waals surface area contributed by atoms with Gasteiger partial charge in [-0.3, -0.25) is 0 Å². The average molecular weight is 300 g/mol. The summed E-state index contributed by atoms with van der Waals surface area (Å²) in [7, 11) is 0. The normalized spacial score (nSPS) is 33.9. The van der Waals surface area contributed by atoms with Gasteiger partial charge < -0.3 is 24.4 Å². The Bertz CT molecular complexity index is 405. The zero-order valence-electron chi connectivity index (χ0n) is 12.7. The van der Waals surface area contributed by atoms with E-state index in [0.29, 0.717) is 6.61 Å². The number of esters is 1. The zero-order chi connectivity index (χ0) is 15.6. The van der Waals surface area contributed by atoms with E-state index in [-0.39, 0.29) is 24.5 Å². The van der Waals surface area contributed by atoms with Crippen molar-refractivity contribution in [1.29, 1.82) is 0 Å². The van der Waals surface area contributed by atoms with Crippen LogP contribution in [0.3, 0.4) is 0 Å². The van der Waals surface area contributed by atoms with Crippen LogP contribution in [0.15, 0.2) is 12.2 Å². The summed E-state index contributed by atoms with van der Waals surface area (Å²) < 4.78 is 16.0. The van der Waals surface area contributed by atoms with E-state index in [0.717, 1.165) is 12.5 Å². The lowest BCUT2D eigenvalue weighted by Gasteiger charge is -2.18. The molecule has 2 rings (SSSR count). The maximum Gasteiger partial charge on any atom is 0.330 e. The minimum atomic E-state index is -1.08. The molecule has 1 aliphatic carbocycles. The van der Waals surface area contributed by atoms with Crippen molar-refractivity contribution >= 4 is 5.97 Å². The van der Waals surface area contributed by atoms with Gasteiger partial charge in [-0.1, -0.05) is 0 Å². The summed E-state index contributed by atoms with van der Waals surface area (Å²) in [5.74, 6) is -0.947. The Hall–Kier alpha value is -0.950. The molecule has 0 bridgehead atoms. The zero-order valence-corrected chi connectivity index (χ0v) is 12.7. The van der Waals surface area contributed by atoms with Gasteiger partial charge in [0.25, 0.3) is 0 Å². The van der Waals surface area contributed by atoms with Crippen LogP contribution in [0.1, 0.15) is 27.2 Å². The van der Waals surface area contributed by atoms with Crippen LogP contribution in [-0.4, -0.2) is 53.5 Å². The van der Waals surface area contributed by atoms with E-state index in [1.165, 1.54) is 6.08 Å². The molecule has 0 unspecified atom stereocenters. The second kappa shape index (κ2) is 6.44. The van der Waals surface area contributed by atoms with E-state index < -0.39 is 24.0 Å². The number of hydrogen-bond acceptors (Lipinski definition) is 6. The molecule has 0 radical (unpaired) electrons. The summed E-state index contributed by atoms with van der Waals surface area (Å²) in [5.41, 5.74) is 0. The molecule has 0 aromatic heterocycles. The molecular weight excluding hydrogens is 276 g/mol. The van der Waals surface area contributed by atoms with Crippen LogP contribution in [0.2, 0.25) is 0 Å². The van der Waals surface area contributed by atoms with Crippen molar-refractivity contribution in [3.8, 4) is 0 Å². The Balaban J connectivity index is 1.80. The number of ether oxygens (including phenoxy) is 3. The maximum absolute atomic E-state index is 11.2. The Labute approximate surface area is 124 Å². The fourth-order valence-corrected chi connectivity index (χ4v) is 2.72. The van der Waals surface area contributed by atoms with Crippen molar-refractivity contribution in [1.82, 2.24) is 0 Å². The van der Waals surface area contributed by atoms with E-state index in [1.807, 2.05) is 13.8 Å². The first-order valence-electron chi connectivity index (χ1n) is 7.37. The number of aliphatic hydroxyl groups is 2. The molecule has 0 spiro atoms. The first-order chi connectivity index (χ1) is 9.84. The largest absolute Gasteiger partial charge is 0.463 e. The first-order valence-corrected chi connectivity index (χ1v) is 7.37. The summed E-state index contributed by atoms with van der Waals surface area (Å²) in [6, 6.07) is 0. The fraction of sp³-hybridized carbons (Fsp3) is 0.800. The van der Waals surface area contributed by atoms with Crippen LogP contribution in [-0.2, 0) is 19.0 Å². The lowest BCUT2D eigenvalue weighted by atomic mass is 10.1. The van der Waals surface area contributed by atoms with Crippen LogP contribution < -0.4 is 0 Å². The highest BCUT2D eigenvalue weighted by molar-refractivity contribution is 5.81. The molecule has 0 aromatic carbocycles. The number of carbonyl (C=O) groups excluding carboxylic acids is 1. The monoisotopic (exact) mass is 300 g/mol. The summed E-state index contributed by atoms with van der Waals surface area (Å²) >= 11 is 0. The number of aliphatic hydroxyl groups excluding tert-OH is 2. The van der Waals surface area contributed by atoms with Gasteiger partial charge in [0.2, 0.25) is 0 Å². The second-order valence-corrected chi connectivity index (χ2v) is 6.02. The SMILES string of the molecule is CCOC(=O)/C=C/[C@H](O)[C@@H](O)[C@@H]1C[C@H]1[C@H]1COC(C)(C)O1. The Morgan fingerprint density at radius 1 is 1.48 bits per heavy atom. The van der Waals surface area contributed by atoms with Gasteiger partial charge in [-0.2, -0.15) is 0 Å². The lowest BCUT2D eigenvalue weighted by Crippen LogP contribution is -2.29. The lowest BCUT2D eigenvalue weighted by molar-refractivity contribution is -0.141. The highest BCUT2D eigenvalue weighted by Crippen LogP contribution is 2.48. The van der Waals surface area contributed by atoms with E-state index >= 15 is 0 Å². The fourth-order valence-electron chi connectivity index (χ4n) is 2.72. The smallest absolute Gasteiger partial charge is 0.330 e. The number of rotatable bonds is 6. The van der Waals surface area contributed by atoms with Gasteiger partial charge in [0, 0.05) is 6.08 Å². The molecule has 6 nitrogen and oxygen atoms in total. The van der Waals surface area contributed by atoms with Crippen molar-refractivity contribution in [2.45, 2.75) is 51.3 Å². The van der Waals surface area contributed by atoms with Crippen molar-refractivity contribution < 1.29 is 29.2 Å². The van der Waals surface area contributed by atoms with Gasteiger partial charge in [0.05, 0.1) is 31.5 Å². The molecular formula is C15H24O6. The molecule has 1 saturated heterocycles. The molecule has 0 aromatic rings. The molecule has 0 amide bonds. The molecule has 2 N–H and O–H groups in total. The molecule has 5 atom stereocenters. The van der Waals surface area contributed by atoms with Crippen molar-refractivity contribution in [2.24, 2.45) is 11.8 Å². The first kappa shape index (κ1) is 16.4. The van der Waals surface area contributed by atoms with Gasteiger partial charge in [0.15, 0.2) is 5.79 Å². The van der Waals surface area contributed by atoms with Gasteiger partial charge in [-0.15, -0.1) is 0 Å². The quantitative estimate of drug-likeness (QED) is 0.552. The van der Waals surface area contributed by atoms with Crippen molar-refractivity contribution in [2.75, 3.05) is 13.2 Å². The van der Waals surface area contributed by atoms with Gasteiger partial charge in [-0.25, -0.2) is 4.79 Å². The van der Waals surface area contributed by atoms with E-state index in [2.05, 4.69) is 0 Å². The predicted molar refractivity (Wildman–Crippen MR) is 74.3 cm³/mol. The molecule has 21 heavy (non-hydrogen) atoms. The third-order valence-electron chi connectivity index (χ3n) is 3.90. The summed E-state index contributed by atoms with van der Waals surface area (Å²) in [6.07, 6.45) is 1.17. The molecule has 6 heteroatoms. The number of hydrogen-bond donors (Lipinski definition) is 2. The molecule has 120 valence electrons. The van der Waals surface area contributed by atoms with Crippen molar-refractivity contribution in [3.05, 3.63) is 12.2 Å². The minimum absolute atomic E-state index is 0.0330. The van der Waals surface area contributed by atoms with Crippen LogP contribution in [0.4, 0.5) is 0 Å². The van der Waals surface area contributed by atoms with Gasteiger partial charge in [0.1, 0.15) is 0 Å².